The van der Waals surface area contributed by atoms with Crippen molar-refractivity contribution in [2.45, 2.75) is 25.4 Å². The molecule has 1 fully saturated rings. The van der Waals surface area contributed by atoms with E-state index in [0.717, 1.165) is 0 Å². The highest BCUT2D eigenvalue weighted by Gasteiger charge is 2.29. The summed E-state index contributed by atoms with van der Waals surface area (Å²) >= 11 is 0. The first-order valence-corrected chi connectivity index (χ1v) is 5.08. The van der Waals surface area contributed by atoms with Crippen LogP contribution in [0, 0.1) is 0 Å². The Balaban J connectivity index is 2.00. The van der Waals surface area contributed by atoms with Crippen molar-refractivity contribution in [2.24, 2.45) is 0 Å². The third kappa shape index (κ3) is 2.18. The summed E-state index contributed by atoms with van der Waals surface area (Å²) in [4.78, 5) is 17.4. The van der Waals surface area contributed by atoms with E-state index in [-0.39, 0.29) is 6.03 Å². The number of amides is 1. The lowest BCUT2D eigenvalue weighted by Gasteiger charge is -2.35. The molecule has 15 heavy (non-hydrogen) atoms. The third-order valence-corrected chi connectivity index (χ3v) is 2.84. The molecule has 1 saturated heterocycles. The monoisotopic (exact) mass is 209 g/mol. The van der Waals surface area contributed by atoms with E-state index in [0.29, 0.717) is 25.9 Å². The Hall–Kier alpha value is -1.36. The van der Waals surface area contributed by atoms with E-state index in [9.17, 15) is 9.90 Å². The van der Waals surface area contributed by atoms with E-state index in [2.05, 4.69) is 4.98 Å². The Bertz CT molecular complexity index is 336. The summed E-state index contributed by atoms with van der Waals surface area (Å²) in [7, 11) is 0. The van der Waals surface area contributed by atoms with Crippen LogP contribution in [0.5, 0.6) is 0 Å². The molecule has 0 spiro atoms. The number of carbonyl (C=O) groups is 1. The van der Waals surface area contributed by atoms with Crippen LogP contribution in [0.15, 0.2) is 18.7 Å². The van der Waals surface area contributed by atoms with Crippen LogP contribution in [0.1, 0.15) is 19.8 Å². The van der Waals surface area contributed by atoms with Gasteiger partial charge in [-0.15, -0.1) is 0 Å². The number of hydrogen-bond donors (Lipinski definition) is 1. The van der Waals surface area contributed by atoms with Crippen molar-refractivity contribution in [1.29, 1.82) is 0 Å². The zero-order valence-corrected chi connectivity index (χ0v) is 8.76. The summed E-state index contributed by atoms with van der Waals surface area (Å²) in [5.41, 5.74) is -0.619. The van der Waals surface area contributed by atoms with Gasteiger partial charge in [-0.25, -0.2) is 9.78 Å². The number of carbonyl (C=O) groups excluding carboxylic acids is 1. The first-order chi connectivity index (χ1) is 7.08. The molecule has 1 aliphatic heterocycles. The summed E-state index contributed by atoms with van der Waals surface area (Å²) in [6.07, 6.45) is 5.98. The second-order valence-corrected chi connectivity index (χ2v) is 4.24. The zero-order valence-electron chi connectivity index (χ0n) is 8.76. The fraction of sp³-hybridized carbons (Fsp3) is 0.600. The van der Waals surface area contributed by atoms with Crippen molar-refractivity contribution in [3.8, 4) is 0 Å². The van der Waals surface area contributed by atoms with Crippen LogP contribution in [-0.2, 0) is 0 Å². The molecule has 1 N–H and O–H groups in total. The van der Waals surface area contributed by atoms with Crippen molar-refractivity contribution in [1.82, 2.24) is 14.5 Å². The highest BCUT2D eigenvalue weighted by Crippen LogP contribution is 2.21. The van der Waals surface area contributed by atoms with E-state index in [1.54, 1.807) is 17.3 Å². The van der Waals surface area contributed by atoms with E-state index >= 15 is 0 Å². The van der Waals surface area contributed by atoms with Crippen LogP contribution < -0.4 is 0 Å². The Kier molecular flexibility index (Phi) is 2.48. The van der Waals surface area contributed by atoms with Gasteiger partial charge < -0.3 is 10.0 Å². The smallest absolute Gasteiger partial charge is 0.329 e. The Labute approximate surface area is 88.3 Å². The number of imidazole rings is 1. The highest BCUT2D eigenvalue weighted by atomic mass is 16.3. The van der Waals surface area contributed by atoms with Gasteiger partial charge in [0.1, 0.15) is 6.33 Å². The molecular weight excluding hydrogens is 194 g/mol. The van der Waals surface area contributed by atoms with E-state index in [1.165, 1.54) is 10.9 Å². The van der Waals surface area contributed by atoms with Gasteiger partial charge in [0.05, 0.1) is 5.60 Å². The molecule has 0 aliphatic carbocycles. The van der Waals surface area contributed by atoms with Crippen molar-refractivity contribution in [3.05, 3.63) is 18.7 Å². The zero-order chi connectivity index (χ0) is 10.9. The average molecular weight is 209 g/mol. The second kappa shape index (κ2) is 3.66. The van der Waals surface area contributed by atoms with Gasteiger partial charge >= 0.3 is 6.03 Å². The van der Waals surface area contributed by atoms with Crippen LogP contribution in [0.2, 0.25) is 0 Å². The minimum absolute atomic E-state index is 0.0667. The summed E-state index contributed by atoms with van der Waals surface area (Å²) < 4.78 is 1.46. The summed E-state index contributed by atoms with van der Waals surface area (Å²) in [5.74, 6) is 0. The van der Waals surface area contributed by atoms with Crippen LogP contribution in [0.3, 0.4) is 0 Å². The topological polar surface area (TPSA) is 58.4 Å². The summed E-state index contributed by atoms with van der Waals surface area (Å²) in [5, 5.41) is 9.75. The molecule has 1 aromatic heterocycles. The lowest BCUT2D eigenvalue weighted by molar-refractivity contribution is 0.00451. The molecule has 0 unspecified atom stereocenters. The SMILES string of the molecule is CC1(O)CCN(C(=O)n2ccnc2)CC1. The fourth-order valence-corrected chi connectivity index (χ4v) is 1.72. The largest absolute Gasteiger partial charge is 0.390 e. The van der Waals surface area contributed by atoms with Gasteiger partial charge in [0, 0.05) is 25.5 Å². The van der Waals surface area contributed by atoms with Crippen LogP contribution in [-0.4, -0.2) is 44.3 Å². The normalized spacial score (nSPS) is 20.3. The van der Waals surface area contributed by atoms with E-state index in [4.69, 9.17) is 0 Å². The maximum absolute atomic E-state index is 11.8. The predicted octanol–water partition coefficient (Wildman–Crippen LogP) is 0.698. The molecule has 1 aromatic rings. The number of likely N-dealkylation sites (tertiary alicyclic amines) is 1. The van der Waals surface area contributed by atoms with Crippen molar-refractivity contribution in [2.75, 3.05) is 13.1 Å². The van der Waals surface area contributed by atoms with Gasteiger partial charge in [0.25, 0.3) is 0 Å². The highest BCUT2D eigenvalue weighted by molar-refractivity contribution is 5.76. The molecule has 2 rings (SSSR count). The van der Waals surface area contributed by atoms with Gasteiger partial charge in [-0.1, -0.05) is 0 Å². The number of hydrogen-bond acceptors (Lipinski definition) is 3. The van der Waals surface area contributed by atoms with Crippen molar-refractivity contribution < 1.29 is 9.90 Å². The standard InChI is InChI=1S/C10H15N3O2/c1-10(15)2-5-12(6-3-10)9(14)13-7-4-11-8-13/h4,7-8,15H,2-3,5-6H2,1H3. The molecule has 2 heterocycles. The van der Waals surface area contributed by atoms with E-state index in [1.807, 2.05) is 6.92 Å². The first-order valence-electron chi connectivity index (χ1n) is 5.08. The number of aliphatic hydroxyl groups is 1. The van der Waals surface area contributed by atoms with Gasteiger partial charge in [-0.2, -0.15) is 0 Å². The molecule has 0 atom stereocenters. The van der Waals surface area contributed by atoms with Crippen molar-refractivity contribution in [3.63, 3.8) is 0 Å². The molecule has 0 radical (unpaired) electrons. The average Bonchev–Trinajstić information content (AvgIpc) is 2.69. The fourth-order valence-electron chi connectivity index (χ4n) is 1.72. The maximum atomic E-state index is 11.8. The number of nitrogens with zero attached hydrogens (tertiary/aromatic N) is 3. The van der Waals surface area contributed by atoms with Crippen LogP contribution >= 0.6 is 0 Å². The summed E-state index contributed by atoms with van der Waals surface area (Å²) in [6.45, 7) is 3.01. The van der Waals surface area contributed by atoms with Crippen LogP contribution in [0.25, 0.3) is 0 Å². The number of rotatable bonds is 0. The first kappa shape index (κ1) is 10.2. The van der Waals surface area contributed by atoms with Crippen molar-refractivity contribution >= 4 is 6.03 Å². The molecule has 5 heteroatoms. The second-order valence-electron chi connectivity index (χ2n) is 4.24. The minimum Gasteiger partial charge on any atom is -0.390 e. The molecule has 5 nitrogen and oxygen atoms in total. The Morgan fingerprint density at radius 2 is 2.13 bits per heavy atom. The molecule has 0 saturated carbocycles. The Morgan fingerprint density at radius 3 is 2.67 bits per heavy atom. The molecule has 82 valence electrons. The third-order valence-electron chi connectivity index (χ3n) is 2.84. The Morgan fingerprint density at radius 1 is 1.47 bits per heavy atom. The summed E-state index contributed by atoms with van der Waals surface area (Å²) in [6, 6.07) is -0.0667. The van der Waals surface area contributed by atoms with E-state index < -0.39 is 5.60 Å². The van der Waals surface area contributed by atoms with Gasteiger partial charge in [0.2, 0.25) is 0 Å². The number of piperidine rings is 1. The molecule has 0 bridgehead atoms. The predicted molar refractivity (Wildman–Crippen MR) is 54.5 cm³/mol. The van der Waals surface area contributed by atoms with Gasteiger partial charge in [0.15, 0.2) is 0 Å². The maximum Gasteiger partial charge on any atom is 0.329 e. The quantitative estimate of drug-likeness (QED) is 0.684. The lowest BCUT2D eigenvalue weighted by Crippen LogP contribution is -2.46. The molecular formula is C10H15N3O2. The molecule has 1 amide bonds. The minimum atomic E-state index is -0.619. The van der Waals surface area contributed by atoms with Gasteiger partial charge in [-0.3, -0.25) is 4.57 Å². The molecule has 0 aromatic carbocycles. The molecule has 1 aliphatic rings. The van der Waals surface area contributed by atoms with Crippen LogP contribution in [0.4, 0.5) is 4.79 Å². The van der Waals surface area contributed by atoms with Gasteiger partial charge in [-0.05, 0) is 19.8 Å². The lowest BCUT2D eigenvalue weighted by atomic mass is 9.94. The number of aromatic nitrogens is 2.